The van der Waals surface area contributed by atoms with E-state index in [2.05, 4.69) is 0 Å². The summed E-state index contributed by atoms with van der Waals surface area (Å²) in [6, 6.07) is 5.44. The van der Waals surface area contributed by atoms with E-state index in [1.807, 2.05) is 0 Å². The minimum Gasteiger partial charge on any atom is -0.480 e. The fourth-order valence-corrected chi connectivity index (χ4v) is 4.30. The van der Waals surface area contributed by atoms with Crippen molar-refractivity contribution in [1.29, 1.82) is 0 Å². The van der Waals surface area contributed by atoms with Gasteiger partial charge in [0.25, 0.3) is 11.8 Å². The molecule has 0 aromatic heterocycles. The van der Waals surface area contributed by atoms with Crippen LogP contribution >= 0.6 is 24.0 Å². The molecule has 2 aliphatic heterocycles. The Morgan fingerprint density at radius 1 is 1.27 bits per heavy atom. The number of carbonyl (C=O) groups excluding carboxylic acids is 3. The summed E-state index contributed by atoms with van der Waals surface area (Å²) in [5.41, 5.74) is 6.47. The molecule has 1 unspecified atom stereocenters. The predicted molar refractivity (Wildman–Crippen MR) is 99.0 cm³/mol. The van der Waals surface area contributed by atoms with Crippen LogP contribution in [0.5, 0.6) is 0 Å². The molecule has 1 atom stereocenters. The largest absolute Gasteiger partial charge is 0.480 e. The highest BCUT2D eigenvalue weighted by molar-refractivity contribution is 8.26. The number of thioether (sulfide) groups is 1. The lowest BCUT2D eigenvalue weighted by molar-refractivity contribution is -0.146. The minimum atomic E-state index is -1.51. The Kier molecular flexibility index (Phi) is 4.55. The summed E-state index contributed by atoms with van der Waals surface area (Å²) in [5, 5.41) is 9.36. The highest BCUT2D eigenvalue weighted by Crippen LogP contribution is 2.44. The fraction of sp³-hybridized carbons (Fsp3) is 0.188. The number of likely N-dealkylation sites (N-methyl/N-ethyl adjacent to an activating group) is 1. The van der Waals surface area contributed by atoms with Gasteiger partial charge in [-0.15, -0.1) is 0 Å². The van der Waals surface area contributed by atoms with Gasteiger partial charge in [-0.1, -0.05) is 42.2 Å². The lowest BCUT2D eigenvalue weighted by Gasteiger charge is -2.21. The van der Waals surface area contributed by atoms with Crippen molar-refractivity contribution in [3.8, 4) is 0 Å². The second-order valence-electron chi connectivity index (χ2n) is 5.65. The molecule has 3 amide bonds. The zero-order valence-corrected chi connectivity index (χ0v) is 15.1. The summed E-state index contributed by atoms with van der Waals surface area (Å²) < 4.78 is -0.0361. The van der Waals surface area contributed by atoms with Crippen molar-refractivity contribution in [2.24, 2.45) is 5.73 Å². The lowest BCUT2D eigenvalue weighted by atomic mass is 10.1. The van der Waals surface area contributed by atoms with Crippen molar-refractivity contribution in [2.75, 3.05) is 11.9 Å². The maximum atomic E-state index is 12.9. The summed E-state index contributed by atoms with van der Waals surface area (Å²) in [5.74, 6) is -3.38. The number of hydrogen-bond acceptors (Lipinski definition) is 6. The maximum absolute atomic E-state index is 12.9. The van der Waals surface area contributed by atoms with Crippen molar-refractivity contribution in [3.63, 3.8) is 0 Å². The van der Waals surface area contributed by atoms with E-state index in [9.17, 15) is 24.3 Å². The molecule has 0 aliphatic carbocycles. The molecule has 8 nitrogen and oxygen atoms in total. The molecule has 2 aliphatic rings. The molecule has 1 aromatic carbocycles. The average Bonchev–Trinajstić information content (AvgIpc) is 2.99. The third kappa shape index (κ3) is 2.76. The second kappa shape index (κ2) is 6.54. The number of carboxylic acids is 1. The first kappa shape index (κ1) is 18.1. The molecule has 0 radical (unpaired) electrons. The predicted octanol–water partition coefficient (Wildman–Crippen LogP) is 0.563. The van der Waals surface area contributed by atoms with Crippen LogP contribution in [-0.4, -0.2) is 51.1 Å². The molecule has 0 bridgehead atoms. The normalized spacial score (nSPS) is 20.6. The summed E-state index contributed by atoms with van der Waals surface area (Å²) in [4.78, 5) is 50.5. The molecular weight excluding hydrogens is 378 g/mol. The summed E-state index contributed by atoms with van der Waals surface area (Å²) >= 11 is 5.98. The number of hydrogen-bond donors (Lipinski definition) is 2. The number of carbonyl (C=O) groups is 4. The van der Waals surface area contributed by atoms with Gasteiger partial charge in [0, 0.05) is 12.6 Å². The summed E-state index contributed by atoms with van der Waals surface area (Å²) in [6.07, 6.45) is -0.575. The van der Waals surface area contributed by atoms with Gasteiger partial charge in [-0.25, -0.2) is 4.79 Å². The van der Waals surface area contributed by atoms with Gasteiger partial charge in [0.2, 0.25) is 5.91 Å². The number of amides is 3. The van der Waals surface area contributed by atoms with Gasteiger partial charge in [0.1, 0.15) is 10.4 Å². The molecule has 1 aromatic rings. The van der Waals surface area contributed by atoms with Crippen LogP contribution in [0.15, 0.2) is 29.2 Å². The molecule has 10 heteroatoms. The number of anilines is 1. The molecular formula is C16H13N3O5S2. The van der Waals surface area contributed by atoms with E-state index in [0.717, 1.165) is 16.7 Å². The van der Waals surface area contributed by atoms with Crippen LogP contribution in [0.1, 0.15) is 12.0 Å². The standard InChI is InChI=1S/C16H13N3O5S2/c1-18-8-5-3-2-4-7(8)11(13(18)21)12-14(22)19(16(25)26-12)9(15(23)24)6-10(17)20/h2-5,9H,6H2,1H3,(H2,17,20)(H,23,24)/b12-11-. The van der Waals surface area contributed by atoms with Crippen molar-refractivity contribution < 1.29 is 24.3 Å². The number of aliphatic carboxylic acids is 1. The molecule has 26 heavy (non-hydrogen) atoms. The number of thiocarbonyl (C=S) groups is 1. The Morgan fingerprint density at radius 3 is 2.54 bits per heavy atom. The third-order valence-corrected chi connectivity index (χ3v) is 5.47. The summed E-state index contributed by atoms with van der Waals surface area (Å²) in [7, 11) is 1.59. The number of fused-ring (bicyclic) bond motifs is 1. The Morgan fingerprint density at radius 2 is 1.92 bits per heavy atom. The molecule has 3 rings (SSSR count). The van der Waals surface area contributed by atoms with Crippen LogP contribution in [0, 0.1) is 0 Å². The fourth-order valence-electron chi connectivity index (χ4n) is 2.87. The van der Waals surface area contributed by atoms with Crippen LogP contribution < -0.4 is 10.6 Å². The highest BCUT2D eigenvalue weighted by atomic mass is 32.2. The molecule has 134 valence electrons. The van der Waals surface area contributed by atoms with Crippen molar-refractivity contribution in [2.45, 2.75) is 12.5 Å². The van der Waals surface area contributed by atoms with Crippen molar-refractivity contribution in [1.82, 2.24) is 4.90 Å². The number of nitrogens with two attached hydrogens (primary N) is 1. The first-order chi connectivity index (χ1) is 12.2. The van der Waals surface area contributed by atoms with Gasteiger partial charge < -0.3 is 15.7 Å². The van der Waals surface area contributed by atoms with E-state index in [1.54, 1.807) is 31.3 Å². The first-order valence-electron chi connectivity index (χ1n) is 7.42. The van der Waals surface area contributed by atoms with E-state index < -0.39 is 30.2 Å². The second-order valence-corrected chi connectivity index (χ2v) is 7.30. The number of rotatable bonds is 4. The van der Waals surface area contributed by atoms with Gasteiger partial charge in [-0.2, -0.15) is 0 Å². The Labute approximate surface area is 157 Å². The van der Waals surface area contributed by atoms with E-state index in [-0.39, 0.29) is 20.7 Å². The molecule has 3 N–H and O–H groups in total. The van der Waals surface area contributed by atoms with Crippen LogP contribution in [0.2, 0.25) is 0 Å². The number of carboxylic acid groups (broad SMARTS) is 1. The topological polar surface area (TPSA) is 121 Å². The van der Waals surface area contributed by atoms with E-state index in [4.69, 9.17) is 18.0 Å². The first-order valence-corrected chi connectivity index (χ1v) is 8.64. The van der Waals surface area contributed by atoms with Crippen LogP contribution in [-0.2, 0) is 19.2 Å². The average molecular weight is 391 g/mol. The Bertz CT molecular complexity index is 911. The van der Waals surface area contributed by atoms with E-state index in [1.165, 1.54) is 4.90 Å². The quantitative estimate of drug-likeness (QED) is 0.568. The summed E-state index contributed by atoms with van der Waals surface area (Å²) in [6.45, 7) is 0. The highest BCUT2D eigenvalue weighted by Gasteiger charge is 2.45. The van der Waals surface area contributed by atoms with E-state index in [0.29, 0.717) is 11.3 Å². The molecule has 1 fully saturated rings. The van der Waals surface area contributed by atoms with Gasteiger partial charge in [-0.3, -0.25) is 19.3 Å². The SMILES string of the molecule is CN1C(=O)/C(=C2\SC(=S)N(C(CC(N)=O)C(=O)O)C2=O)c2ccccc21. The molecule has 0 saturated carbocycles. The van der Waals surface area contributed by atoms with Gasteiger partial charge in [-0.05, 0) is 6.07 Å². The third-order valence-electron chi connectivity index (χ3n) is 4.07. The van der Waals surface area contributed by atoms with Crippen molar-refractivity contribution >= 4 is 63.3 Å². The zero-order valence-electron chi connectivity index (χ0n) is 13.5. The Hall–Kier alpha value is -2.72. The maximum Gasteiger partial charge on any atom is 0.327 e. The van der Waals surface area contributed by atoms with Gasteiger partial charge >= 0.3 is 5.97 Å². The number of benzene rings is 1. The van der Waals surface area contributed by atoms with Gasteiger partial charge in [0.05, 0.1) is 22.6 Å². The van der Waals surface area contributed by atoms with Crippen LogP contribution in [0.25, 0.3) is 5.57 Å². The van der Waals surface area contributed by atoms with Crippen molar-refractivity contribution in [3.05, 3.63) is 34.7 Å². The number of para-hydroxylation sites is 1. The minimum absolute atomic E-state index is 0.0361. The molecule has 2 heterocycles. The molecule has 1 saturated heterocycles. The smallest absolute Gasteiger partial charge is 0.327 e. The molecule has 0 spiro atoms. The van der Waals surface area contributed by atoms with Crippen LogP contribution in [0.3, 0.4) is 0 Å². The Balaban J connectivity index is 2.09. The van der Waals surface area contributed by atoms with Crippen LogP contribution in [0.4, 0.5) is 5.69 Å². The lowest BCUT2D eigenvalue weighted by Crippen LogP contribution is -2.46. The number of primary amides is 1. The van der Waals surface area contributed by atoms with E-state index >= 15 is 0 Å². The van der Waals surface area contributed by atoms with Gasteiger partial charge in [0.15, 0.2) is 0 Å². The zero-order chi connectivity index (χ0) is 19.2. The monoisotopic (exact) mass is 391 g/mol. The number of nitrogens with zero attached hydrogens (tertiary/aromatic N) is 2.